The molecule has 1 aliphatic rings. The smallest absolute Gasteiger partial charge is 0.200 e. The van der Waals surface area contributed by atoms with E-state index in [-0.39, 0.29) is 33.8 Å². The molecule has 0 radical (unpaired) electrons. The first-order valence-corrected chi connectivity index (χ1v) is 7.80. The summed E-state index contributed by atoms with van der Waals surface area (Å²) < 4.78 is 0. The summed E-state index contributed by atoms with van der Waals surface area (Å²) in [5, 5.41) is 26.3. The zero-order chi connectivity index (χ0) is 17.4. The summed E-state index contributed by atoms with van der Waals surface area (Å²) in [4.78, 5) is 26.0. The molecule has 0 aromatic heterocycles. The predicted molar refractivity (Wildman–Crippen MR) is 91.4 cm³/mol. The van der Waals surface area contributed by atoms with Gasteiger partial charge in [0.1, 0.15) is 11.5 Å². The number of ketones is 2. The zero-order valence-electron chi connectivity index (χ0n) is 13.4. The molecule has 6 nitrogen and oxygen atoms in total. The molecule has 0 amide bonds. The van der Waals surface area contributed by atoms with Crippen molar-refractivity contribution < 1.29 is 19.8 Å². The Labute approximate surface area is 139 Å². The number of carbonyl (C=O) groups excluding carboxylic acids is 2. The van der Waals surface area contributed by atoms with E-state index in [2.05, 4.69) is 10.6 Å². The lowest BCUT2D eigenvalue weighted by molar-refractivity contribution is 0.0975. The van der Waals surface area contributed by atoms with E-state index in [1.165, 1.54) is 12.1 Å². The van der Waals surface area contributed by atoms with Crippen molar-refractivity contribution in [2.24, 2.45) is 0 Å². The Hall–Kier alpha value is -3.02. The number of phenols is 2. The fourth-order valence-electron chi connectivity index (χ4n) is 3.04. The van der Waals surface area contributed by atoms with Crippen LogP contribution < -0.4 is 10.6 Å². The average Bonchev–Trinajstić information content (AvgIpc) is 2.56. The van der Waals surface area contributed by atoms with Crippen molar-refractivity contribution in [3.05, 3.63) is 46.5 Å². The van der Waals surface area contributed by atoms with Crippen LogP contribution in [0, 0.1) is 0 Å². The summed E-state index contributed by atoms with van der Waals surface area (Å²) in [7, 11) is 0. The summed E-state index contributed by atoms with van der Waals surface area (Å²) in [6.45, 7) is 4.93. The monoisotopic (exact) mass is 326 g/mol. The molecule has 0 saturated heterocycles. The lowest BCUT2D eigenvalue weighted by atomic mass is 9.81. The van der Waals surface area contributed by atoms with Crippen LogP contribution in [0.5, 0.6) is 11.5 Å². The first kappa shape index (κ1) is 15.9. The van der Waals surface area contributed by atoms with Gasteiger partial charge in [-0.05, 0) is 38.1 Å². The van der Waals surface area contributed by atoms with E-state index in [4.69, 9.17) is 0 Å². The van der Waals surface area contributed by atoms with E-state index >= 15 is 0 Å². The van der Waals surface area contributed by atoms with Crippen LogP contribution in [0.15, 0.2) is 24.3 Å². The molecule has 4 N–H and O–H groups in total. The first-order valence-electron chi connectivity index (χ1n) is 7.80. The summed E-state index contributed by atoms with van der Waals surface area (Å²) >= 11 is 0. The third-order valence-corrected chi connectivity index (χ3v) is 4.01. The highest BCUT2D eigenvalue weighted by molar-refractivity contribution is 6.33. The highest BCUT2D eigenvalue weighted by atomic mass is 16.3. The maximum atomic E-state index is 13.0. The largest absolute Gasteiger partial charge is 0.507 e. The molecular formula is C18H18N2O4. The summed E-state index contributed by atoms with van der Waals surface area (Å²) in [5.74, 6) is -1.60. The number of phenolic OH excluding ortho intramolecular Hbond substituents is 2. The molecule has 0 bridgehead atoms. The van der Waals surface area contributed by atoms with Crippen LogP contribution in [-0.4, -0.2) is 34.9 Å². The van der Waals surface area contributed by atoms with Gasteiger partial charge in [0, 0.05) is 24.5 Å². The molecule has 1 aliphatic carbocycles. The van der Waals surface area contributed by atoms with Gasteiger partial charge in [-0.2, -0.15) is 0 Å². The van der Waals surface area contributed by atoms with Crippen LogP contribution in [-0.2, 0) is 0 Å². The molecule has 24 heavy (non-hydrogen) atoms. The number of rotatable bonds is 4. The number of aromatic hydroxyl groups is 2. The van der Waals surface area contributed by atoms with Crippen LogP contribution in [0.2, 0.25) is 0 Å². The van der Waals surface area contributed by atoms with Gasteiger partial charge in [0.05, 0.1) is 22.3 Å². The van der Waals surface area contributed by atoms with Gasteiger partial charge >= 0.3 is 0 Å². The van der Waals surface area contributed by atoms with Crippen molar-refractivity contribution in [3.8, 4) is 11.5 Å². The quantitative estimate of drug-likeness (QED) is 0.550. The number of hydrogen-bond donors (Lipinski definition) is 4. The van der Waals surface area contributed by atoms with Crippen LogP contribution >= 0.6 is 0 Å². The Morgan fingerprint density at radius 3 is 1.42 bits per heavy atom. The number of nitrogens with one attached hydrogen (secondary N) is 2. The van der Waals surface area contributed by atoms with Crippen LogP contribution in [0.4, 0.5) is 11.4 Å². The van der Waals surface area contributed by atoms with Gasteiger partial charge in [0.15, 0.2) is 0 Å². The Balaban J connectivity index is 2.36. The molecule has 2 aromatic rings. The second-order valence-corrected chi connectivity index (χ2v) is 5.48. The highest BCUT2D eigenvalue weighted by Crippen LogP contribution is 2.42. The molecular weight excluding hydrogens is 308 g/mol. The molecule has 0 saturated carbocycles. The predicted octanol–water partition coefficient (Wildman–Crippen LogP) is 2.74. The number of anilines is 2. The second kappa shape index (κ2) is 5.88. The average molecular weight is 326 g/mol. The van der Waals surface area contributed by atoms with E-state index in [1.807, 2.05) is 13.8 Å². The summed E-state index contributed by atoms with van der Waals surface area (Å²) in [5.41, 5.74) is 1.18. The first-order chi connectivity index (χ1) is 11.5. The summed E-state index contributed by atoms with van der Waals surface area (Å²) in [6.07, 6.45) is 0. The molecule has 124 valence electrons. The molecule has 6 heteroatoms. The van der Waals surface area contributed by atoms with Crippen molar-refractivity contribution in [3.63, 3.8) is 0 Å². The number of fused-ring (bicyclic) bond motifs is 2. The lowest BCUT2D eigenvalue weighted by Crippen LogP contribution is -2.24. The van der Waals surface area contributed by atoms with Gasteiger partial charge < -0.3 is 20.8 Å². The van der Waals surface area contributed by atoms with Crippen molar-refractivity contribution in [2.45, 2.75) is 13.8 Å². The molecule has 0 heterocycles. The number of benzene rings is 2. The van der Waals surface area contributed by atoms with Gasteiger partial charge in [0.2, 0.25) is 11.6 Å². The van der Waals surface area contributed by atoms with Crippen LogP contribution in [0.1, 0.15) is 45.7 Å². The van der Waals surface area contributed by atoms with E-state index in [0.29, 0.717) is 24.5 Å². The third kappa shape index (κ3) is 2.19. The maximum absolute atomic E-state index is 13.0. The molecule has 0 unspecified atom stereocenters. The van der Waals surface area contributed by atoms with Crippen molar-refractivity contribution in [2.75, 3.05) is 23.7 Å². The molecule has 0 aliphatic heterocycles. The van der Waals surface area contributed by atoms with Gasteiger partial charge in [-0.25, -0.2) is 0 Å². The molecule has 0 spiro atoms. The second-order valence-electron chi connectivity index (χ2n) is 5.48. The molecule has 0 fully saturated rings. The zero-order valence-corrected chi connectivity index (χ0v) is 13.4. The topological polar surface area (TPSA) is 98.7 Å². The van der Waals surface area contributed by atoms with Gasteiger partial charge in [0.25, 0.3) is 0 Å². The van der Waals surface area contributed by atoms with E-state index in [0.717, 1.165) is 0 Å². The highest BCUT2D eigenvalue weighted by Gasteiger charge is 2.37. The SMILES string of the molecule is CCNc1ccc(NCC)c2c1C(=O)c1c(O)ccc(O)c1C2=O. The van der Waals surface area contributed by atoms with Gasteiger partial charge in [-0.3, -0.25) is 9.59 Å². The minimum Gasteiger partial charge on any atom is -0.507 e. The fraction of sp³-hybridized carbons (Fsp3) is 0.222. The molecule has 3 rings (SSSR count). The van der Waals surface area contributed by atoms with E-state index in [1.54, 1.807) is 12.1 Å². The van der Waals surface area contributed by atoms with Crippen molar-refractivity contribution in [1.29, 1.82) is 0 Å². The Kier molecular flexibility index (Phi) is 3.89. The number of hydrogen-bond acceptors (Lipinski definition) is 6. The van der Waals surface area contributed by atoms with Crippen LogP contribution in [0.25, 0.3) is 0 Å². The Bertz CT molecular complexity index is 789. The minimum absolute atomic E-state index is 0.152. The maximum Gasteiger partial charge on any atom is 0.200 e. The van der Waals surface area contributed by atoms with Gasteiger partial charge in [-0.15, -0.1) is 0 Å². The van der Waals surface area contributed by atoms with E-state index < -0.39 is 11.6 Å². The summed E-state index contributed by atoms with van der Waals surface area (Å²) in [6, 6.07) is 5.89. The standard InChI is InChI=1S/C18H18N2O4/c1-3-19-9-5-6-10(20-4-2)14-13(9)17(23)15-11(21)7-8-12(22)16(15)18(14)24/h5-8,19-22H,3-4H2,1-2H3. The molecule has 0 atom stereocenters. The van der Waals surface area contributed by atoms with Crippen molar-refractivity contribution in [1.82, 2.24) is 0 Å². The number of carbonyl (C=O) groups is 2. The normalized spacial score (nSPS) is 12.6. The Morgan fingerprint density at radius 2 is 1.08 bits per heavy atom. The lowest BCUT2D eigenvalue weighted by Gasteiger charge is -2.24. The van der Waals surface area contributed by atoms with E-state index in [9.17, 15) is 19.8 Å². The fourth-order valence-corrected chi connectivity index (χ4v) is 3.04. The third-order valence-electron chi connectivity index (χ3n) is 4.01. The molecule has 2 aromatic carbocycles. The van der Waals surface area contributed by atoms with Gasteiger partial charge in [-0.1, -0.05) is 0 Å². The van der Waals surface area contributed by atoms with Crippen LogP contribution in [0.3, 0.4) is 0 Å². The minimum atomic E-state index is -0.483. The Morgan fingerprint density at radius 1 is 0.708 bits per heavy atom. The van der Waals surface area contributed by atoms with Crippen molar-refractivity contribution >= 4 is 22.9 Å².